The lowest BCUT2D eigenvalue weighted by atomic mass is 9.98. The predicted octanol–water partition coefficient (Wildman–Crippen LogP) is 4.30. The van der Waals surface area contributed by atoms with Crippen LogP contribution in [0.1, 0.15) is 31.4 Å². The molecule has 1 saturated heterocycles. The lowest BCUT2D eigenvalue weighted by Crippen LogP contribution is -2.46. The first kappa shape index (κ1) is 25.0. The maximum absolute atomic E-state index is 6.04. The van der Waals surface area contributed by atoms with E-state index in [4.69, 9.17) is 32.9 Å². The summed E-state index contributed by atoms with van der Waals surface area (Å²) in [5.74, 6) is 3.89. The summed E-state index contributed by atoms with van der Waals surface area (Å²) >= 11 is 12.1. The summed E-state index contributed by atoms with van der Waals surface area (Å²) < 4.78 is 7.89. The fourth-order valence-electron chi connectivity index (χ4n) is 3.30. The van der Waals surface area contributed by atoms with Gasteiger partial charge in [-0.3, -0.25) is 0 Å². The van der Waals surface area contributed by atoms with Crippen LogP contribution < -0.4 is 10.1 Å². The summed E-state index contributed by atoms with van der Waals surface area (Å²) in [5.41, 5.74) is 0. The molecule has 3 rings (SSSR count). The molecule has 2 aromatic rings. The third kappa shape index (κ3) is 6.88. The Morgan fingerprint density at radius 2 is 1.87 bits per heavy atom. The SMILES string of the molecule is CCNC(=NCc1nnc(C)n1C)N1CCC(COc2cc(Cl)cc(Cl)c2)CC1.I. The van der Waals surface area contributed by atoms with E-state index in [0.717, 1.165) is 55.8 Å². The molecule has 7 nitrogen and oxygen atoms in total. The Labute approximate surface area is 205 Å². The molecule has 1 aromatic heterocycles. The van der Waals surface area contributed by atoms with Crippen LogP contribution in [0.3, 0.4) is 0 Å². The zero-order valence-electron chi connectivity index (χ0n) is 17.6. The maximum atomic E-state index is 6.04. The van der Waals surface area contributed by atoms with Crippen molar-refractivity contribution >= 4 is 53.1 Å². The number of halogens is 3. The molecular formula is C20H29Cl2IN6O. The van der Waals surface area contributed by atoms with Gasteiger partial charge in [-0.2, -0.15) is 0 Å². The second-order valence-electron chi connectivity index (χ2n) is 7.24. The molecule has 1 N–H and O–H groups in total. The summed E-state index contributed by atoms with van der Waals surface area (Å²) in [7, 11) is 1.96. The van der Waals surface area contributed by atoms with Gasteiger partial charge in [-0.05, 0) is 50.8 Å². The number of benzene rings is 1. The van der Waals surface area contributed by atoms with Crippen LogP contribution in [0.25, 0.3) is 0 Å². The molecule has 30 heavy (non-hydrogen) atoms. The van der Waals surface area contributed by atoms with Gasteiger partial charge in [0, 0.05) is 36.7 Å². The molecule has 0 unspecified atom stereocenters. The third-order valence-corrected chi connectivity index (χ3v) is 5.56. The minimum Gasteiger partial charge on any atom is -0.493 e. The number of nitrogens with one attached hydrogen (secondary N) is 1. The minimum absolute atomic E-state index is 0. The van der Waals surface area contributed by atoms with Crippen molar-refractivity contribution in [2.75, 3.05) is 26.2 Å². The van der Waals surface area contributed by atoms with Gasteiger partial charge in [-0.15, -0.1) is 34.2 Å². The molecule has 0 amide bonds. The number of hydrogen-bond acceptors (Lipinski definition) is 4. The van der Waals surface area contributed by atoms with Crippen LogP contribution in [0.5, 0.6) is 5.75 Å². The second-order valence-corrected chi connectivity index (χ2v) is 8.11. The monoisotopic (exact) mass is 566 g/mol. The fourth-order valence-corrected chi connectivity index (χ4v) is 3.80. The third-order valence-electron chi connectivity index (χ3n) is 5.12. The van der Waals surface area contributed by atoms with Crippen molar-refractivity contribution < 1.29 is 4.74 Å². The van der Waals surface area contributed by atoms with Crippen LogP contribution in [-0.2, 0) is 13.6 Å². The number of ether oxygens (including phenoxy) is 1. The van der Waals surface area contributed by atoms with Gasteiger partial charge in [-0.1, -0.05) is 23.2 Å². The van der Waals surface area contributed by atoms with E-state index in [1.54, 1.807) is 18.2 Å². The molecule has 0 atom stereocenters. The number of likely N-dealkylation sites (tertiary alicyclic amines) is 1. The van der Waals surface area contributed by atoms with Crippen LogP contribution in [-0.4, -0.2) is 51.9 Å². The van der Waals surface area contributed by atoms with Crippen LogP contribution in [0.2, 0.25) is 10.0 Å². The topological polar surface area (TPSA) is 67.6 Å². The largest absolute Gasteiger partial charge is 0.493 e. The molecule has 1 aromatic carbocycles. The number of guanidine groups is 1. The molecule has 166 valence electrons. The van der Waals surface area contributed by atoms with Crippen molar-refractivity contribution in [2.45, 2.75) is 33.2 Å². The van der Waals surface area contributed by atoms with E-state index in [0.29, 0.717) is 29.1 Å². The van der Waals surface area contributed by atoms with E-state index in [-0.39, 0.29) is 24.0 Å². The summed E-state index contributed by atoms with van der Waals surface area (Å²) in [6.45, 7) is 7.90. The molecule has 0 bridgehead atoms. The lowest BCUT2D eigenvalue weighted by molar-refractivity contribution is 0.179. The number of hydrogen-bond donors (Lipinski definition) is 1. The van der Waals surface area contributed by atoms with Crippen molar-refractivity contribution in [3.05, 3.63) is 39.9 Å². The maximum Gasteiger partial charge on any atom is 0.194 e. The minimum atomic E-state index is 0. The molecule has 1 aliphatic heterocycles. The Balaban J connectivity index is 0.00000320. The highest BCUT2D eigenvalue weighted by molar-refractivity contribution is 14.0. The fraction of sp³-hybridized carbons (Fsp3) is 0.550. The normalized spacial score (nSPS) is 15.1. The van der Waals surface area contributed by atoms with Crippen molar-refractivity contribution in [3.63, 3.8) is 0 Å². The Kier molecular flexibility index (Phi) is 9.96. The van der Waals surface area contributed by atoms with E-state index >= 15 is 0 Å². The van der Waals surface area contributed by atoms with Crippen LogP contribution in [0, 0.1) is 12.8 Å². The first-order valence-electron chi connectivity index (χ1n) is 9.93. The number of aromatic nitrogens is 3. The highest BCUT2D eigenvalue weighted by Crippen LogP contribution is 2.26. The standard InChI is InChI=1S/C20H28Cl2N6O.HI/c1-4-23-20(24-12-19-26-25-14(2)27(19)3)28-7-5-15(6-8-28)13-29-18-10-16(21)9-17(22)11-18;/h9-11,15H,4-8,12-13H2,1-3H3,(H,23,24);1H. The Bertz CT molecular complexity index is 832. The van der Waals surface area contributed by atoms with Crippen LogP contribution in [0.15, 0.2) is 23.2 Å². The van der Waals surface area contributed by atoms with E-state index in [9.17, 15) is 0 Å². The van der Waals surface area contributed by atoms with Crippen molar-refractivity contribution in [3.8, 4) is 5.75 Å². The molecule has 1 fully saturated rings. The predicted molar refractivity (Wildman–Crippen MR) is 132 cm³/mol. The Hall–Kier alpha value is -1.26. The van der Waals surface area contributed by atoms with Crippen molar-refractivity contribution in [1.29, 1.82) is 0 Å². The lowest BCUT2D eigenvalue weighted by Gasteiger charge is -2.34. The first-order chi connectivity index (χ1) is 14.0. The van der Waals surface area contributed by atoms with Gasteiger partial charge < -0.3 is 19.5 Å². The first-order valence-corrected chi connectivity index (χ1v) is 10.7. The number of aryl methyl sites for hydroxylation is 1. The van der Waals surface area contributed by atoms with Gasteiger partial charge in [0.05, 0.1) is 6.61 Å². The van der Waals surface area contributed by atoms with Gasteiger partial charge >= 0.3 is 0 Å². The van der Waals surface area contributed by atoms with Gasteiger partial charge in [0.25, 0.3) is 0 Å². The van der Waals surface area contributed by atoms with E-state index in [2.05, 4.69) is 27.3 Å². The molecule has 0 saturated carbocycles. The van der Waals surface area contributed by atoms with Gasteiger partial charge in [-0.25, -0.2) is 4.99 Å². The number of aliphatic imine (C=N–C) groups is 1. The molecule has 2 heterocycles. The van der Waals surface area contributed by atoms with E-state index in [1.165, 1.54) is 0 Å². The molecule has 0 spiro atoms. The quantitative estimate of drug-likeness (QED) is 0.321. The zero-order chi connectivity index (χ0) is 20.8. The summed E-state index contributed by atoms with van der Waals surface area (Å²) in [6, 6.07) is 5.30. The molecule has 10 heteroatoms. The molecule has 1 aliphatic rings. The smallest absolute Gasteiger partial charge is 0.194 e. The Morgan fingerprint density at radius 1 is 1.20 bits per heavy atom. The number of nitrogens with zero attached hydrogens (tertiary/aromatic N) is 5. The summed E-state index contributed by atoms with van der Waals surface area (Å²) in [5, 5.41) is 12.9. The van der Waals surface area contributed by atoms with E-state index in [1.807, 2.05) is 18.5 Å². The highest BCUT2D eigenvalue weighted by atomic mass is 127. The molecular weight excluding hydrogens is 538 g/mol. The average Bonchev–Trinajstić information content (AvgIpc) is 3.01. The number of piperidine rings is 1. The number of rotatable bonds is 6. The average molecular weight is 567 g/mol. The second kappa shape index (κ2) is 12.0. The summed E-state index contributed by atoms with van der Waals surface area (Å²) in [6.07, 6.45) is 2.09. The van der Waals surface area contributed by atoms with Gasteiger partial charge in [0.1, 0.15) is 18.1 Å². The van der Waals surface area contributed by atoms with Crippen molar-refractivity contribution in [1.82, 2.24) is 25.0 Å². The van der Waals surface area contributed by atoms with Crippen molar-refractivity contribution in [2.24, 2.45) is 18.0 Å². The molecule has 0 aliphatic carbocycles. The highest BCUT2D eigenvalue weighted by Gasteiger charge is 2.22. The van der Waals surface area contributed by atoms with Crippen LogP contribution in [0.4, 0.5) is 0 Å². The molecule has 0 radical (unpaired) electrons. The van der Waals surface area contributed by atoms with Gasteiger partial charge in [0.2, 0.25) is 0 Å². The van der Waals surface area contributed by atoms with E-state index < -0.39 is 0 Å². The Morgan fingerprint density at radius 3 is 2.43 bits per heavy atom. The zero-order valence-corrected chi connectivity index (χ0v) is 21.4. The van der Waals surface area contributed by atoms with Crippen LogP contribution >= 0.6 is 47.2 Å². The van der Waals surface area contributed by atoms with Gasteiger partial charge in [0.15, 0.2) is 11.8 Å². The summed E-state index contributed by atoms with van der Waals surface area (Å²) in [4.78, 5) is 7.07.